The van der Waals surface area contributed by atoms with Crippen molar-refractivity contribution in [3.05, 3.63) is 53.8 Å². The van der Waals surface area contributed by atoms with Gasteiger partial charge in [0, 0.05) is 17.8 Å². The van der Waals surface area contributed by atoms with Crippen molar-refractivity contribution in [2.45, 2.75) is 19.4 Å². The second-order valence-electron chi connectivity index (χ2n) is 4.91. The van der Waals surface area contributed by atoms with Crippen LogP contribution in [0.15, 0.2) is 42.5 Å². The van der Waals surface area contributed by atoms with E-state index in [0.29, 0.717) is 12.0 Å². The van der Waals surface area contributed by atoms with Crippen LogP contribution in [0.1, 0.15) is 12.5 Å². The standard InChI is InChI=1S/C16H16FNO2/c1-11(8-12-4-2-3-5-14(12)17)18-13-6-7-15-16(9-13)20-10-19-15/h2-7,9,11,18H,8,10H2,1H3. The molecule has 0 spiro atoms. The molecule has 3 rings (SSSR count). The third kappa shape index (κ3) is 2.69. The van der Waals surface area contributed by atoms with Crippen LogP contribution in [0.4, 0.5) is 10.1 Å². The topological polar surface area (TPSA) is 30.5 Å². The summed E-state index contributed by atoms with van der Waals surface area (Å²) in [4.78, 5) is 0. The van der Waals surface area contributed by atoms with E-state index in [1.54, 1.807) is 6.07 Å². The van der Waals surface area contributed by atoms with Gasteiger partial charge in [-0.15, -0.1) is 0 Å². The molecule has 1 N–H and O–H groups in total. The predicted octanol–water partition coefficient (Wildman–Crippen LogP) is 3.60. The van der Waals surface area contributed by atoms with Gasteiger partial charge in [-0.05, 0) is 37.1 Å². The van der Waals surface area contributed by atoms with Crippen LogP contribution in [-0.4, -0.2) is 12.8 Å². The van der Waals surface area contributed by atoms with Gasteiger partial charge in [-0.25, -0.2) is 4.39 Å². The minimum absolute atomic E-state index is 0.118. The normalized spacial score (nSPS) is 14.1. The van der Waals surface area contributed by atoms with Crippen LogP contribution >= 0.6 is 0 Å². The lowest BCUT2D eigenvalue weighted by molar-refractivity contribution is 0.174. The molecule has 1 aliphatic rings. The minimum Gasteiger partial charge on any atom is -0.454 e. The molecule has 0 bridgehead atoms. The molecule has 2 aromatic carbocycles. The molecule has 20 heavy (non-hydrogen) atoms. The molecule has 1 unspecified atom stereocenters. The predicted molar refractivity (Wildman–Crippen MR) is 75.8 cm³/mol. The Bertz CT molecular complexity index is 615. The first-order chi connectivity index (χ1) is 9.72. The fourth-order valence-electron chi connectivity index (χ4n) is 2.32. The van der Waals surface area contributed by atoms with Gasteiger partial charge in [0.05, 0.1) is 0 Å². The first kappa shape index (κ1) is 12.8. The molecule has 0 saturated carbocycles. The summed E-state index contributed by atoms with van der Waals surface area (Å²) in [5.41, 5.74) is 1.66. The molecule has 1 heterocycles. The van der Waals surface area contributed by atoms with Crippen LogP contribution in [-0.2, 0) is 6.42 Å². The van der Waals surface area contributed by atoms with E-state index in [0.717, 1.165) is 17.2 Å². The number of fused-ring (bicyclic) bond motifs is 1. The number of nitrogens with one attached hydrogen (secondary N) is 1. The van der Waals surface area contributed by atoms with Crippen molar-refractivity contribution in [1.82, 2.24) is 0 Å². The van der Waals surface area contributed by atoms with E-state index in [-0.39, 0.29) is 18.7 Å². The summed E-state index contributed by atoms with van der Waals surface area (Å²) in [6.45, 7) is 2.29. The highest BCUT2D eigenvalue weighted by Gasteiger charge is 2.14. The van der Waals surface area contributed by atoms with Crippen molar-refractivity contribution in [1.29, 1.82) is 0 Å². The maximum atomic E-state index is 13.6. The Kier molecular flexibility index (Phi) is 3.46. The summed E-state index contributed by atoms with van der Waals surface area (Å²) in [6.07, 6.45) is 0.626. The summed E-state index contributed by atoms with van der Waals surface area (Å²) in [5, 5.41) is 3.35. The highest BCUT2D eigenvalue weighted by molar-refractivity contribution is 5.56. The third-order valence-electron chi connectivity index (χ3n) is 3.27. The molecule has 0 aliphatic carbocycles. The van der Waals surface area contributed by atoms with E-state index in [1.807, 2.05) is 37.3 Å². The largest absolute Gasteiger partial charge is 0.454 e. The molecule has 1 aliphatic heterocycles. The maximum absolute atomic E-state index is 13.6. The van der Waals surface area contributed by atoms with Crippen LogP contribution < -0.4 is 14.8 Å². The van der Waals surface area contributed by atoms with Crippen LogP contribution in [0.25, 0.3) is 0 Å². The number of rotatable bonds is 4. The number of hydrogen-bond acceptors (Lipinski definition) is 3. The first-order valence-corrected chi connectivity index (χ1v) is 6.62. The molecule has 1 atom stereocenters. The van der Waals surface area contributed by atoms with E-state index in [4.69, 9.17) is 9.47 Å². The van der Waals surface area contributed by atoms with E-state index in [2.05, 4.69) is 5.32 Å². The van der Waals surface area contributed by atoms with Gasteiger partial charge in [0.25, 0.3) is 0 Å². The lowest BCUT2D eigenvalue weighted by Crippen LogP contribution is -2.18. The van der Waals surface area contributed by atoms with Gasteiger partial charge in [-0.1, -0.05) is 18.2 Å². The van der Waals surface area contributed by atoms with Crippen LogP contribution in [0.3, 0.4) is 0 Å². The van der Waals surface area contributed by atoms with Crippen molar-refractivity contribution >= 4 is 5.69 Å². The Labute approximate surface area is 117 Å². The van der Waals surface area contributed by atoms with Crippen molar-refractivity contribution in [2.24, 2.45) is 0 Å². The average Bonchev–Trinajstić information content (AvgIpc) is 2.89. The summed E-state index contributed by atoms with van der Waals surface area (Å²) in [7, 11) is 0. The van der Waals surface area contributed by atoms with Gasteiger partial charge in [0.15, 0.2) is 11.5 Å². The van der Waals surface area contributed by atoms with Crippen molar-refractivity contribution in [3.8, 4) is 11.5 Å². The van der Waals surface area contributed by atoms with Crippen molar-refractivity contribution < 1.29 is 13.9 Å². The smallest absolute Gasteiger partial charge is 0.231 e. The first-order valence-electron chi connectivity index (χ1n) is 6.62. The number of halogens is 1. The van der Waals surface area contributed by atoms with Crippen LogP contribution in [0, 0.1) is 5.82 Å². The second kappa shape index (κ2) is 5.41. The Hall–Kier alpha value is -2.23. The summed E-state index contributed by atoms with van der Waals surface area (Å²) >= 11 is 0. The fourth-order valence-corrected chi connectivity index (χ4v) is 2.32. The Morgan fingerprint density at radius 3 is 2.80 bits per heavy atom. The Balaban J connectivity index is 1.67. The lowest BCUT2D eigenvalue weighted by atomic mass is 10.1. The van der Waals surface area contributed by atoms with Gasteiger partial charge in [0.1, 0.15) is 5.82 Å². The molecule has 2 aromatic rings. The molecule has 0 fully saturated rings. The van der Waals surface area contributed by atoms with Gasteiger partial charge >= 0.3 is 0 Å². The summed E-state index contributed by atoms with van der Waals surface area (Å²) in [5.74, 6) is 1.34. The molecule has 4 heteroatoms. The molecule has 0 amide bonds. The molecule has 104 valence electrons. The van der Waals surface area contributed by atoms with E-state index >= 15 is 0 Å². The van der Waals surface area contributed by atoms with Crippen LogP contribution in [0.5, 0.6) is 11.5 Å². The second-order valence-corrected chi connectivity index (χ2v) is 4.91. The minimum atomic E-state index is -0.160. The maximum Gasteiger partial charge on any atom is 0.231 e. The lowest BCUT2D eigenvalue weighted by Gasteiger charge is -2.16. The van der Waals surface area contributed by atoms with Crippen LogP contribution in [0.2, 0.25) is 0 Å². The molecule has 0 saturated heterocycles. The monoisotopic (exact) mass is 273 g/mol. The zero-order valence-corrected chi connectivity index (χ0v) is 11.2. The van der Waals surface area contributed by atoms with Gasteiger partial charge < -0.3 is 14.8 Å². The third-order valence-corrected chi connectivity index (χ3v) is 3.27. The molecule has 0 aromatic heterocycles. The molecule has 0 radical (unpaired) electrons. The van der Waals surface area contributed by atoms with E-state index in [1.165, 1.54) is 6.07 Å². The van der Waals surface area contributed by atoms with Gasteiger partial charge in [-0.2, -0.15) is 0 Å². The fraction of sp³-hybridized carbons (Fsp3) is 0.250. The SMILES string of the molecule is CC(Cc1ccccc1F)Nc1ccc2c(c1)OCO2. The van der Waals surface area contributed by atoms with Gasteiger partial charge in [0.2, 0.25) is 6.79 Å². The highest BCUT2D eigenvalue weighted by atomic mass is 19.1. The number of hydrogen-bond donors (Lipinski definition) is 1. The average molecular weight is 273 g/mol. The quantitative estimate of drug-likeness (QED) is 0.923. The zero-order valence-electron chi connectivity index (χ0n) is 11.2. The molecule has 3 nitrogen and oxygen atoms in total. The van der Waals surface area contributed by atoms with Gasteiger partial charge in [-0.3, -0.25) is 0 Å². The van der Waals surface area contributed by atoms with Crippen molar-refractivity contribution in [2.75, 3.05) is 12.1 Å². The molecular formula is C16H16FNO2. The number of anilines is 1. The zero-order chi connectivity index (χ0) is 13.9. The number of benzene rings is 2. The van der Waals surface area contributed by atoms with E-state index < -0.39 is 0 Å². The summed E-state index contributed by atoms with van der Waals surface area (Å²) in [6, 6.07) is 12.7. The van der Waals surface area contributed by atoms with Crippen molar-refractivity contribution in [3.63, 3.8) is 0 Å². The number of ether oxygens (including phenoxy) is 2. The van der Waals surface area contributed by atoms with E-state index in [9.17, 15) is 4.39 Å². The Morgan fingerprint density at radius 1 is 1.15 bits per heavy atom. The Morgan fingerprint density at radius 2 is 1.95 bits per heavy atom. The highest BCUT2D eigenvalue weighted by Crippen LogP contribution is 2.34. The molecular weight excluding hydrogens is 257 g/mol. The summed E-state index contributed by atoms with van der Waals surface area (Å²) < 4.78 is 24.2.